The van der Waals surface area contributed by atoms with E-state index in [0.717, 1.165) is 0 Å². The Balaban J connectivity index is 2.59. The Hall–Kier alpha value is -1.32. The van der Waals surface area contributed by atoms with Crippen LogP contribution in [0, 0.1) is 11.8 Å². The molecule has 2 unspecified atom stereocenters. The fraction of sp³-hybridized carbons (Fsp3) is 0.636. The van der Waals surface area contributed by atoms with E-state index >= 15 is 0 Å². The van der Waals surface area contributed by atoms with Crippen LogP contribution in [0.25, 0.3) is 0 Å². The molecule has 4 heteroatoms. The number of carbonyl (C=O) groups is 2. The van der Waals surface area contributed by atoms with Crippen LogP contribution >= 0.6 is 0 Å². The Bertz CT molecular complexity index is 286. The zero-order valence-corrected chi connectivity index (χ0v) is 9.14. The highest BCUT2D eigenvalue weighted by atomic mass is 16.4. The van der Waals surface area contributed by atoms with Crippen LogP contribution < -0.4 is 0 Å². The number of hydrogen-bond acceptors (Lipinski definition) is 2. The highest BCUT2D eigenvalue weighted by molar-refractivity contribution is 5.89. The summed E-state index contributed by atoms with van der Waals surface area (Å²) in [6.07, 6.45) is 2.14. The summed E-state index contributed by atoms with van der Waals surface area (Å²) in [6.45, 7) is 7.91. The quantitative estimate of drug-likeness (QED) is 0.693. The third kappa shape index (κ3) is 2.58. The van der Waals surface area contributed by atoms with Gasteiger partial charge in [-0.2, -0.15) is 0 Å². The molecule has 1 fully saturated rings. The molecule has 1 rings (SSSR count). The summed E-state index contributed by atoms with van der Waals surface area (Å²) in [4.78, 5) is 24.2. The van der Waals surface area contributed by atoms with E-state index in [2.05, 4.69) is 6.58 Å². The number of amides is 1. The third-order valence-corrected chi connectivity index (χ3v) is 2.66. The normalized spacial score (nSPS) is 23.7. The van der Waals surface area contributed by atoms with Gasteiger partial charge in [0.05, 0.1) is 11.8 Å². The summed E-state index contributed by atoms with van der Waals surface area (Å²) in [5, 5.41) is 8.73. The second-order valence-electron chi connectivity index (χ2n) is 4.16. The van der Waals surface area contributed by atoms with Crippen molar-refractivity contribution in [3.63, 3.8) is 0 Å². The molecule has 84 valence electrons. The summed E-state index contributed by atoms with van der Waals surface area (Å²) in [6, 6.07) is 0.0885. The van der Waals surface area contributed by atoms with Crippen LogP contribution in [0.3, 0.4) is 0 Å². The van der Waals surface area contributed by atoms with Gasteiger partial charge in [0, 0.05) is 12.6 Å². The molecular formula is C11H17NO3. The lowest BCUT2D eigenvalue weighted by Gasteiger charge is -2.25. The van der Waals surface area contributed by atoms with Crippen LogP contribution in [-0.2, 0) is 9.59 Å². The monoisotopic (exact) mass is 211 g/mol. The largest absolute Gasteiger partial charge is 0.481 e. The van der Waals surface area contributed by atoms with Crippen LogP contribution in [0.5, 0.6) is 0 Å². The van der Waals surface area contributed by atoms with Crippen molar-refractivity contribution in [2.24, 2.45) is 11.8 Å². The van der Waals surface area contributed by atoms with Gasteiger partial charge in [-0.25, -0.2) is 0 Å². The first-order chi connectivity index (χ1) is 6.99. The predicted octanol–water partition coefficient (Wildman–Crippen LogP) is 1.13. The summed E-state index contributed by atoms with van der Waals surface area (Å²) >= 11 is 0. The molecule has 0 spiro atoms. The number of carbonyl (C=O) groups excluding carboxylic acids is 1. The van der Waals surface area contributed by atoms with E-state index in [0.29, 0.717) is 13.0 Å². The first kappa shape index (κ1) is 11.8. The molecule has 1 amide bonds. The SMILES string of the molecule is C=CCN(C(=O)C1CC1C(=O)O)C(C)C. The highest BCUT2D eigenvalue weighted by Gasteiger charge is 2.49. The summed E-state index contributed by atoms with van der Waals surface area (Å²) in [7, 11) is 0. The average molecular weight is 211 g/mol. The van der Waals surface area contributed by atoms with E-state index < -0.39 is 11.9 Å². The number of carboxylic acids is 1. The van der Waals surface area contributed by atoms with Gasteiger partial charge in [-0.1, -0.05) is 6.08 Å². The maximum atomic E-state index is 11.9. The van der Waals surface area contributed by atoms with Crippen molar-refractivity contribution in [2.75, 3.05) is 6.54 Å². The average Bonchev–Trinajstić information content (AvgIpc) is 2.91. The van der Waals surface area contributed by atoms with Gasteiger partial charge in [-0.15, -0.1) is 6.58 Å². The van der Waals surface area contributed by atoms with Crippen LogP contribution in [0.2, 0.25) is 0 Å². The maximum Gasteiger partial charge on any atom is 0.307 e. The van der Waals surface area contributed by atoms with E-state index in [-0.39, 0.29) is 17.9 Å². The lowest BCUT2D eigenvalue weighted by atomic mass is 10.2. The van der Waals surface area contributed by atoms with Gasteiger partial charge in [-0.05, 0) is 20.3 Å². The summed E-state index contributed by atoms with van der Waals surface area (Å²) in [5.41, 5.74) is 0. The van der Waals surface area contributed by atoms with Gasteiger partial charge in [-0.3, -0.25) is 9.59 Å². The van der Waals surface area contributed by atoms with Gasteiger partial charge < -0.3 is 10.0 Å². The van der Waals surface area contributed by atoms with Gasteiger partial charge in [0.1, 0.15) is 0 Å². The second-order valence-corrected chi connectivity index (χ2v) is 4.16. The highest BCUT2D eigenvalue weighted by Crippen LogP contribution is 2.40. The molecule has 15 heavy (non-hydrogen) atoms. The van der Waals surface area contributed by atoms with Crippen molar-refractivity contribution in [2.45, 2.75) is 26.3 Å². The van der Waals surface area contributed by atoms with E-state index in [1.165, 1.54) is 0 Å². The zero-order valence-electron chi connectivity index (χ0n) is 9.14. The summed E-state index contributed by atoms with van der Waals surface area (Å²) in [5.74, 6) is -1.71. The molecule has 0 aromatic rings. The minimum Gasteiger partial charge on any atom is -0.481 e. The Kier molecular flexibility index (Phi) is 3.50. The van der Waals surface area contributed by atoms with Crippen molar-refractivity contribution in [3.05, 3.63) is 12.7 Å². The van der Waals surface area contributed by atoms with Crippen molar-refractivity contribution >= 4 is 11.9 Å². The minimum absolute atomic E-state index is 0.0581. The molecule has 1 aliphatic carbocycles. The van der Waals surface area contributed by atoms with Gasteiger partial charge >= 0.3 is 5.97 Å². The number of rotatable bonds is 5. The molecule has 0 saturated heterocycles. The number of hydrogen-bond donors (Lipinski definition) is 1. The van der Waals surface area contributed by atoms with Crippen molar-refractivity contribution in [1.82, 2.24) is 4.90 Å². The summed E-state index contributed by atoms with van der Waals surface area (Å²) < 4.78 is 0. The molecule has 1 aliphatic rings. The molecule has 0 radical (unpaired) electrons. The van der Waals surface area contributed by atoms with E-state index in [9.17, 15) is 9.59 Å². The molecule has 0 aliphatic heterocycles. The molecule has 0 aromatic carbocycles. The van der Waals surface area contributed by atoms with E-state index in [1.807, 2.05) is 13.8 Å². The Labute approximate surface area is 89.6 Å². The topological polar surface area (TPSA) is 57.6 Å². The van der Waals surface area contributed by atoms with E-state index in [4.69, 9.17) is 5.11 Å². The molecular weight excluding hydrogens is 194 g/mol. The third-order valence-electron chi connectivity index (χ3n) is 2.66. The van der Waals surface area contributed by atoms with Crippen LogP contribution in [0.1, 0.15) is 20.3 Å². The molecule has 4 nitrogen and oxygen atoms in total. The minimum atomic E-state index is -0.865. The number of nitrogens with zero attached hydrogens (tertiary/aromatic N) is 1. The molecule has 0 heterocycles. The van der Waals surface area contributed by atoms with Gasteiger partial charge in [0.25, 0.3) is 0 Å². The van der Waals surface area contributed by atoms with Gasteiger partial charge in [0.15, 0.2) is 0 Å². The zero-order chi connectivity index (χ0) is 11.6. The Morgan fingerprint density at radius 1 is 1.53 bits per heavy atom. The fourth-order valence-corrected chi connectivity index (χ4v) is 1.65. The predicted molar refractivity (Wildman–Crippen MR) is 56.3 cm³/mol. The van der Waals surface area contributed by atoms with E-state index in [1.54, 1.807) is 11.0 Å². The second kappa shape index (κ2) is 4.47. The lowest BCUT2D eigenvalue weighted by Crippen LogP contribution is -2.38. The molecule has 2 atom stereocenters. The molecule has 0 bridgehead atoms. The Morgan fingerprint density at radius 2 is 2.13 bits per heavy atom. The first-order valence-electron chi connectivity index (χ1n) is 5.13. The van der Waals surface area contributed by atoms with Crippen LogP contribution in [-0.4, -0.2) is 34.5 Å². The van der Waals surface area contributed by atoms with Crippen molar-refractivity contribution in [3.8, 4) is 0 Å². The number of aliphatic carboxylic acids is 1. The first-order valence-corrected chi connectivity index (χ1v) is 5.13. The maximum absolute atomic E-state index is 11.9. The Morgan fingerprint density at radius 3 is 2.47 bits per heavy atom. The fourth-order valence-electron chi connectivity index (χ4n) is 1.65. The number of carboxylic acid groups (broad SMARTS) is 1. The molecule has 1 saturated carbocycles. The van der Waals surface area contributed by atoms with Crippen LogP contribution in [0.15, 0.2) is 12.7 Å². The molecule has 0 aromatic heterocycles. The van der Waals surface area contributed by atoms with Crippen LogP contribution in [0.4, 0.5) is 0 Å². The van der Waals surface area contributed by atoms with Crippen molar-refractivity contribution < 1.29 is 14.7 Å². The molecule has 1 N–H and O–H groups in total. The standard InChI is InChI=1S/C11H17NO3/c1-4-5-12(7(2)3)10(13)8-6-9(8)11(14)15/h4,7-9H,1,5-6H2,2-3H3,(H,14,15). The van der Waals surface area contributed by atoms with Crippen molar-refractivity contribution in [1.29, 1.82) is 0 Å². The lowest BCUT2D eigenvalue weighted by molar-refractivity contribution is -0.142. The van der Waals surface area contributed by atoms with Gasteiger partial charge in [0.2, 0.25) is 5.91 Å². The smallest absolute Gasteiger partial charge is 0.307 e.